The number of nitrogens with zero attached hydrogens (tertiary/aromatic N) is 2. The number of carbonyl (C=O) groups excluding carboxylic acids is 3. The van der Waals surface area contributed by atoms with E-state index in [1.807, 2.05) is 32.9 Å². The Labute approximate surface area is 195 Å². The number of aromatic nitrogens is 1. The lowest BCUT2D eigenvalue weighted by Gasteiger charge is -2.35. The average Bonchev–Trinajstić information content (AvgIpc) is 2.72. The largest absolute Gasteiger partial charge is 0.465 e. The molecule has 0 aromatic carbocycles. The summed E-state index contributed by atoms with van der Waals surface area (Å²) in [6.07, 6.45) is 3.68. The number of esters is 1. The molecule has 1 atom stereocenters. The van der Waals surface area contributed by atoms with Gasteiger partial charge in [0.1, 0.15) is 17.5 Å². The smallest absolute Gasteiger partial charge is 0.416 e. The zero-order valence-corrected chi connectivity index (χ0v) is 20.1. The third kappa shape index (κ3) is 6.66. The van der Waals surface area contributed by atoms with Gasteiger partial charge in [0.05, 0.1) is 6.61 Å². The van der Waals surface area contributed by atoms with Crippen LogP contribution in [0.2, 0.25) is 0 Å². The molecule has 1 saturated carbocycles. The molecular formula is C24H36N4O5. The van der Waals surface area contributed by atoms with Crippen molar-refractivity contribution in [3.8, 4) is 0 Å². The van der Waals surface area contributed by atoms with Crippen molar-refractivity contribution in [3.05, 3.63) is 23.4 Å². The van der Waals surface area contributed by atoms with E-state index in [2.05, 4.69) is 5.32 Å². The van der Waals surface area contributed by atoms with E-state index in [9.17, 15) is 14.4 Å². The number of nitrogens with one attached hydrogen (secondary N) is 1. The maximum absolute atomic E-state index is 12.7. The van der Waals surface area contributed by atoms with E-state index >= 15 is 0 Å². The van der Waals surface area contributed by atoms with Crippen LogP contribution in [0.5, 0.6) is 0 Å². The first-order valence-corrected chi connectivity index (χ1v) is 11.8. The number of rotatable bonds is 7. The maximum atomic E-state index is 12.7. The molecule has 1 aliphatic carbocycles. The highest BCUT2D eigenvalue weighted by Gasteiger charge is 2.35. The number of nitrogens with two attached hydrogens (primary N) is 1. The van der Waals surface area contributed by atoms with Crippen molar-refractivity contribution in [2.24, 2.45) is 17.6 Å². The minimum absolute atomic E-state index is 0.0751. The summed E-state index contributed by atoms with van der Waals surface area (Å²) in [7, 11) is 0. The second-order valence-electron chi connectivity index (χ2n) is 9.86. The summed E-state index contributed by atoms with van der Waals surface area (Å²) in [5.41, 5.74) is 7.14. The molecular weight excluding hydrogens is 424 g/mol. The summed E-state index contributed by atoms with van der Waals surface area (Å²) in [4.78, 5) is 43.0. The Balaban J connectivity index is 1.52. The molecule has 0 bridgehead atoms. The number of carbonyl (C=O) groups is 3. The predicted octanol–water partition coefficient (Wildman–Crippen LogP) is 2.34. The zero-order chi connectivity index (χ0) is 24.2. The second-order valence-corrected chi connectivity index (χ2v) is 9.86. The predicted molar refractivity (Wildman–Crippen MR) is 124 cm³/mol. The monoisotopic (exact) mass is 460 g/mol. The Hall–Kier alpha value is -2.68. The maximum Gasteiger partial charge on any atom is 0.416 e. The van der Waals surface area contributed by atoms with Crippen LogP contribution in [0.15, 0.2) is 12.1 Å². The topological polar surface area (TPSA) is 124 Å². The quantitative estimate of drug-likeness (QED) is 0.599. The first kappa shape index (κ1) is 25.0. The first-order chi connectivity index (χ1) is 15.6. The minimum Gasteiger partial charge on any atom is -0.465 e. The van der Waals surface area contributed by atoms with E-state index in [-0.39, 0.29) is 31.1 Å². The fourth-order valence-electron chi connectivity index (χ4n) is 4.19. The van der Waals surface area contributed by atoms with Crippen LogP contribution in [0.3, 0.4) is 0 Å². The molecule has 2 heterocycles. The van der Waals surface area contributed by atoms with Gasteiger partial charge in [-0.3, -0.25) is 14.5 Å². The van der Waals surface area contributed by atoms with Gasteiger partial charge in [-0.25, -0.2) is 9.78 Å². The van der Waals surface area contributed by atoms with Gasteiger partial charge in [0.15, 0.2) is 0 Å². The summed E-state index contributed by atoms with van der Waals surface area (Å²) in [6.45, 7) is 8.21. The van der Waals surface area contributed by atoms with Crippen molar-refractivity contribution >= 4 is 23.8 Å². The fraction of sp³-hybridized carbons (Fsp3) is 0.667. The zero-order valence-electron chi connectivity index (χ0n) is 20.1. The van der Waals surface area contributed by atoms with Crippen molar-refractivity contribution in [1.82, 2.24) is 10.3 Å². The standard InChI is InChI=1S/C24H36N4O5/c1-5-32-22(30)19(25)14-26-21(29)17-11-15(12-17)13-18-9-8-16-7-6-10-28(20(16)27-18)23(31)33-24(2,3)4/h8-9,15,17,19H,5-7,10-14,25H2,1-4H3,(H,26,29)/t15-,17-,19?. The summed E-state index contributed by atoms with van der Waals surface area (Å²) >= 11 is 0. The summed E-state index contributed by atoms with van der Waals surface area (Å²) < 4.78 is 10.4. The van der Waals surface area contributed by atoms with Gasteiger partial charge in [0.2, 0.25) is 5.91 Å². The average molecular weight is 461 g/mol. The summed E-state index contributed by atoms with van der Waals surface area (Å²) in [5, 5.41) is 2.75. The molecule has 0 saturated heterocycles. The highest BCUT2D eigenvalue weighted by Crippen LogP contribution is 2.37. The number of aryl methyl sites for hydroxylation is 1. The van der Waals surface area contributed by atoms with Crippen molar-refractivity contribution in [3.63, 3.8) is 0 Å². The van der Waals surface area contributed by atoms with Crippen molar-refractivity contribution in [2.45, 2.75) is 71.4 Å². The molecule has 3 rings (SSSR count). The van der Waals surface area contributed by atoms with E-state index < -0.39 is 17.6 Å². The van der Waals surface area contributed by atoms with E-state index in [0.717, 1.165) is 43.4 Å². The van der Waals surface area contributed by atoms with Crippen LogP contribution in [-0.2, 0) is 31.9 Å². The Kier molecular flexibility index (Phi) is 7.94. The van der Waals surface area contributed by atoms with Crippen LogP contribution in [0.1, 0.15) is 58.2 Å². The Morgan fingerprint density at radius 2 is 2.00 bits per heavy atom. The lowest BCUT2D eigenvalue weighted by Crippen LogP contribution is -2.47. The van der Waals surface area contributed by atoms with Gasteiger partial charge in [-0.05, 0) is 77.3 Å². The first-order valence-electron chi connectivity index (χ1n) is 11.8. The Bertz CT molecular complexity index is 876. The van der Waals surface area contributed by atoms with Gasteiger partial charge in [0, 0.05) is 24.7 Å². The highest BCUT2D eigenvalue weighted by molar-refractivity contribution is 5.88. The Morgan fingerprint density at radius 3 is 2.67 bits per heavy atom. The van der Waals surface area contributed by atoms with Crippen LogP contribution in [0.25, 0.3) is 0 Å². The second kappa shape index (κ2) is 10.5. The van der Waals surface area contributed by atoms with E-state index in [1.54, 1.807) is 11.8 Å². The van der Waals surface area contributed by atoms with E-state index in [1.165, 1.54) is 0 Å². The van der Waals surface area contributed by atoms with Gasteiger partial charge >= 0.3 is 12.1 Å². The molecule has 9 heteroatoms. The fourth-order valence-corrected chi connectivity index (χ4v) is 4.19. The number of hydrogen-bond acceptors (Lipinski definition) is 7. The molecule has 1 aliphatic heterocycles. The molecule has 1 fully saturated rings. The van der Waals surface area contributed by atoms with Crippen LogP contribution in [0, 0.1) is 11.8 Å². The molecule has 1 unspecified atom stereocenters. The molecule has 2 aliphatic rings. The van der Waals surface area contributed by atoms with Crippen molar-refractivity contribution in [1.29, 1.82) is 0 Å². The van der Waals surface area contributed by atoms with Gasteiger partial charge < -0.3 is 20.5 Å². The van der Waals surface area contributed by atoms with Gasteiger partial charge in [-0.1, -0.05) is 6.07 Å². The molecule has 2 amide bonds. The van der Waals surface area contributed by atoms with E-state index in [4.69, 9.17) is 20.2 Å². The normalized spacial score (nSPS) is 20.8. The molecule has 9 nitrogen and oxygen atoms in total. The van der Waals surface area contributed by atoms with Crippen LogP contribution in [0.4, 0.5) is 10.6 Å². The van der Waals surface area contributed by atoms with Crippen LogP contribution in [-0.4, -0.2) is 54.3 Å². The number of anilines is 1. The van der Waals surface area contributed by atoms with Crippen molar-refractivity contribution in [2.75, 3.05) is 24.6 Å². The van der Waals surface area contributed by atoms with E-state index in [0.29, 0.717) is 18.3 Å². The third-order valence-electron chi connectivity index (χ3n) is 5.90. The van der Waals surface area contributed by atoms with Crippen LogP contribution >= 0.6 is 0 Å². The molecule has 1 aromatic rings. The third-order valence-corrected chi connectivity index (χ3v) is 5.90. The number of ether oxygens (including phenoxy) is 2. The Morgan fingerprint density at radius 1 is 1.27 bits per heavy atom. The summed E-state index contributed by atoms with van der Waals surface area (Å²) in [6, 6.07) is 3.22. The molecule has 1 aromatic heterocycles. The molecule has 0 spiro atoms. The molecule has 0 radical (unpaired) electrons. The number of fused-ring (bicyclic) bond motifs is 1. The van der Waals surface area contributed by atoms with Crippen LogP contribution < -0.4 is 16.0 Å². The minimum atomic E-state index is -0.850. The lowest BCUT2D eigenvalue weighted by atomic mass is 9.72. The molecule has 33 heavy (non-hydrogen) atoms. The number of amides is 2. The number of pyridine rings is 1. The van der Waals surface area contributed by atoms with Gasteiger partial charge in [-0.2, -0.15) is 0 Å². The lowest BCUT2D eigenvalue weighted by molar-refractivity contribution is -0.144. The van der Waals surface area contributed by atoms with Gasteiger partial charge in [-0.15, -0.1) is 0 Å². The molecule has 182 valence electrons. The number of hydrogen-bond donors (Lipinski definition) is 2. The SMILES string of the molecule is CCOC(=O)C(N)CNC(=O)[C@H]1C[C@H](Cc2ccc3c(n2)N(C(=O)OC(C)(C)C)CCC3)C1. The van der Waals surface area contributed by atoms with Crippen molar-refractivity contribution < 1.29 is 23.9 Å². The van der Waals surface area contributed by atoms with Gasteiger partial charge in [0.25, 0.3) is 0 Å². The highest BCUT2D eigenvalue weighted by atomic mass is 16.6. The molecule has 3 N–H and O–H groups in total. The summed E-state index contributed by atoms with van der Waals surface area (Å²) in [5.74, 6) is 0.363.